The van der Waals surface area contributed by atoms with Crippen LogP contribution in [-0.4, -0.2) is 37.2 Å². The SMILES string of the molecule is CC/C=C\C/C=C\C/C=C\C/C=C\C/C=C\CCCCCCCC(=O)OC(COC(=O)CCCCCCCCCC)COC(=O)CCCCCCCCCCCCCCCCCCCCCCCCCCCCCCCC. The van der Waals surface area contributed by atoms with Crippen molar-refractivity contribution in [3.8, 4) is 0 Å². The Balaban J connectivity index is 4.09. The molecule has 0 amide bonds. The zero-order valence-electron chi connectivity index (χ0n) is 51.5. The van der Waals surface area contributed by atoms with Gasteiger partial charge >= 0.3 is 17.9 Å². The van der Waals surface area contributed by atoms with E-state index >= 15 is 0 Å². The Morgan fingerprint density at radius 2 is 0.506 bits per heavy atom. The number of hydrogen-bond acceptors (Lipinski definition) is 6. The molecule has 0 heterocycles. The summed E-state index contributed by atoms with van der Waals surface area (Å²) < 4.78 is 16.9. The molecule has 0 aliphatic heterocycles. The molecule has 0 saturated carbocycles. The lowest BCUT2D eigenvalue weighted by Crippen LogP contribution is -2.30. The minimum absolute atomic E-state index is 0.0784. The average molecular weight is 1080 g/mol. The lowest BCUT2D eigenvalue weighted by molar-refractivity contribution is -0.167. The van der Waals surface area contributed by atoms with Gasteiger partial charge in [0.25, 0.3) is 0 Å². The number of allylic oxidation sites excluding steroid dienone is 10. The zero-order chi connectivity index (χ0) is 55.7. The summed E-state index contributed by atoms with van der Waals surface area (Å²) in [6, 6.07) is 0. The van der Waals surface area contributed by atoms with Crippen molar-refractivity contribution in [2.75, 3.05) is 13.2 Å². The lowest BCUT2D eigenvalue weighted by atomic mass is 10.0. The molecule has 0 bridgehead atoms. The molecule has 0 saturated heterocycles. The third-order valence-corrected chi connectivity index (χ3v) is 15.0. The van der Waals surface area contributed by atoms with Gasteiger partial charge in [-0.1, -0.05) is 332 Å². The fraction of sp³-hybridized carbons (Fsp3) is 0.817. The van der Waals surface area contributed by atoms with Gasteiger partial charge in [-0.2, -0.15) is 0 Å². The molecule has 0 radical (unpaired) electrons. The Hall–Kier alpha value is -2.89. The van der Waals surface area contributed by atoms with Gasteiger partial charge in [0.15, 0.2) is 6.10 Å². The fourth-order valence-electron chi connectivity index (χ4n) is 10.0. The first-order valence-corrected chi connectivity index (χ1v) is 33.8. The molecule has 77 heavy (non-hydrogen) atoms. The second kappa shape index (κ2) is 65.6. The molecule has 0 aromatic carbocycles. The number of unbranched alkanes of at least 4 members (excludes halogenated alkanes) is 41. The van der Waals surface area contributed by atoms with E-state index in [0.717, 1.165) is 109 Å². The Kier molecular flexibility index (Phi) is 63.2. The molecule has 6 heteroatoms. The van der Waals surface area contributed by atoms with E-state index < -0.39 is 6.10 Å². The van der Waals surface area contributed by atoms with Crippen molar-refractivity contribution in [1.29, 1.82) is 0 Å². The molecule has 448 valence electrons. The van der Waals surface area contributed by atoms with E-state index in [1.54, 1.807) is 0 Å². The quantitative estimate of drug-likeness (QED) is 0.0261. The van der Waals surface area contributed by atoms with Crippen LogP contribution in [0.2, 0.25) is 0 Å². The Morgan fingerprint density at radius 1 is 0.273 bits per heavy atom. The highest BCUT2D eigenvalue weighted by Crippen LogP contribution is 2.18. The number of esters is 3. The van der Waals surface area contributed by atoms with Gasteiger partial charge in [0, 0.05) is 19.3 Å². The molecule has 0 N–H and O–H groups in total. The molecular weight excluding hydrogens is 949 g/mol. The Labute approximate surface area is 479 Å². The highest BCUT2D eigenvalue weighted by molar-refractivity contribution is 5.71. The van der Waals surface area contributed by atoms with Crippen LogP contribution in [0.4, 0.5) is 0 Å². The van der Waals surface area contributed by atoms with E-state index in [9.17, 15) is 14.4 Å². The topological polar surface area (TPSA) is 78.9 Å². The predicted molar refractivity (Wildman–Crippen MR) is 335 cm³/mol. The van der Waals surface area contributed by atoms with Crippen LogP contribution in [0.1, 0.15) is 355 Å². The summed E-state index contributed by atoms with van der Waals surface area (Å²) in [5.74, 6) is -0.884. The summed E-state index contributed by atoms with van der Waals surface area (Å²) in [6.07, 6.45) is 84.2. The van der Waals surface area contributed by atoms with Crippen LogP contribution in [0, 0.1) is 0 Å². The summed E-state index contributed by atoms with van der Waals surface area (Å²) in [7, 11) is 0. The van der Waals surface area contributed by atoms with Crippen LogP contribution >= 0.6 is 0 Å². The fourth-order valence-corrected chi connectivity index (χ4v) is 10.0. The number of carbonyl (C=O) groups excluding carboxylic acids is 3. The standard InChI is InChI=1S/C71H128O6/c1-4-7-10-13-16-19-21-23-25-27-29-31-32-33-34-35-36-37-38-39-41-42-44-46-48-50-52-55-58-61-64-70(73)76-67-68(66-75-69(72)63-60-57-54-18-15-12-9-6-3)77-71(74)65-62-59-56-53-51-49-47-45-43-40-30-28-26-24-22-20-17-14-11-8-5-2/h8,11,17,20,24,26,30,40,45,47,68H,4-7,9-10,12-16,18-19,21-23,25,27-29,31-39,41-44,46,48-67H2,1-3H3/b11-8-,20-17-,26-24-,40-30-,47-45-. The van der Waals surface area contributed by atoms with Crippen molar-refractivity contribution in [3.05, 3.63) is 60.8 Å². The van der Waals surface area contributed by atoms with Crippen molar-refractivity contribution in [2.24, 2.45) is 0 Å². The van der Waals surface area contributed by atoms with Gasteiger partial charge < -0.3 is 14.2 Å². The van der Waals surface area contributed by atoms with E-state index in [1.807, 2.05) is 0 Å². The number of carbonyl (C=O) groups is 3. The summed E-state index contributed by atoms with van der Waals surface area (Å²) in [5.41, 5.74) is 0. The third kappa shape index (κ3) is 63.8. The zero-order valence-corrected chi connectivity index (χ0v) is 51.5. The molecule has 0 aliphatic carbocycles. The average Bonchev–Trinajstić information content (AvgIpc) is 3.43. The first kappa shape index (κ1) is 74.1. The van der Waals surface area contributed by atoms with Gasteiger partial charge in [-0.05, 0) is 64.2 Å². The number of ether oxygens (including phenoxy) is 3. The van der Waals surface area contributed by atoms with E-state index in [4.69, 9.17) is 14.2 Å². The molecule has 0 spiro atoms. The van der Waals surface area contributed by atoms with Gasteiger partial charge in [0.1, 0.15) is 13.2 Å². The van der Waals surface area contributed by atoms with Gasteiger partial charge in [-0.25, -0.2) is 0 Å². The molecule has 0 fully saturated rings. The van der Waals surface area contributed by atoms with Crippen LogP contribution in [0.15, 0.2) is 60.8 Å². The normalized spacial score (nSPS) is 12.4. The summed E-state index contributed by atoms with van der Waals surface area (Å²) in [5, 5.41) is 0. The molecule has 6 nitrogen and oxygen atoms in total. The summed E-state index contributed by atoms with van der Waals surface area (Å²) >= 11 is 0. The molecule has 1 unspecified atom stereocenters. The van der Waals surface area contributed by atoms with Crippen LogP contribution in [0.25, 0.3) is 0 Å². The molecule has 0 aromatic rings. The maximum absolute atomic E-state index is 12.9. The molecule has 0 rings (SSSR count). The highest BCUT2D eigenvalue weighted by atomic mass is 16.6. The number of rotatable bonds is 62. The van der Waals surface area contributed by atoms with Crippen molar-refractivity contribution in [1.82, 2.24) is 0 Å². The van der Waals surface area contributed by atoms with E-state index in [0.29, 0.717) is 19.3 Å². The summed E-state index contributed by atoms with van der Waals surface area (Å²) in [4.78, 5) is 38.2. The minimum Gasteiger partial charge on any atom is -0.462 e. The largest absolute Gasteiger partial charge is 0.462 e. The first-order chi connectivity index (χ1) is 38.0. The van der Waals surface area contributed by atoms with E-state index in [-0.39, 0.29) is 31.1 Å². The summed E-state index contributed by atoms with van der Waals surface area (Å²) in [6.45, 7) is 6.53. The molecule has 0 aromatic heterocycles. The van der Waals surface area contributed by atoms with Gasteiger partial charge in [-0.15, -0.1) is 0 Å². The third-order valence-electron chi connectivity index (χ3n) is 15.0. The smallest absolute Gasteiger partial charge is 0.306 e. The van der Waals surface area contributed by atoms with Crippen molar-refractivity contribution >= 4 is 17.9 Å². The van der Waals surface area contributed by atoms with Crippen molar-refractivity contribution < 1.29 is 28.6 Å². The lowest BCUT2D eigenvalue weighted by Gasteiger charge is -2.18. The van der Waals surface area contributed by atoms with Crippen LogP contribution < -0.4 is 0 Å². The Morgan fingerprint density at radius 3 is 0.792 bits per heavy atom. The van der Waals surface area contributed by atoms with Gasteiger partial charge in [0.2, 0.25) is 0 Å². The second-order valence-electron chi connectivity index (χ2n) is 22.7. The minimum atomic E-state index is -0.782. The Bertz CT molecular complexity index is 1380. The second-order valence-corrected chi connectivity index (χ2v) is 22.7. The van der Waals surface area contributed by atoms with E-state index in [2.05, 4.69) is 81.5 Å². The highest BCUT2D eigenvalue weighted by Gasteiger charge is 2.19. The molecule has 0 aliphatic rings. The molecule has 1 atom stereocenters. The monoisotopic (exact) mass is 1080 g/mol. The maximum atomic E-state index is 12.9. The van der Waals surface area contributed by atoms with Crippen LogP contribution in [0.5, 0.6) is 0 Å². The first-order valence-electron chi connectivity index (χ1n) is 33.8. The van der Waals surface area contributed by atoms with Crippen LogP contribution in [0.3, 0.4) is 0 Å². The predicted octanol–water partition coefficient (Wildman–Crippen LogP) is 23.1. The van der Waals surface area contributed by atoms with Crippen molar-refractivity contribution in [2.45, 2.75) is 361 Å². The molecular formula is C71H128O6. The van der Waals surface area contributed by atoms with Crippen LogP contribution in [-0.2, 0) is 28.6 Å². The van der Waals surface area contributed by atoms with E-state index in [1.165, 1.54) is 205 Å². The van der Waals surface area contributed by atoms with Crippen molar-refractivity contribution in [3.63, 3.8) is 0 Å². The maximum Gasteiger partial charge on any atom is 0.306 e. The van der Waals surface area contributed by atoms with Gasteiger partial charge in [0.05, 0.1) is 0 Å². The number of hydrogen-bond donors (Lipinski definition) is 0. The van der Waals surface area contributed by atoms with Gasteiger partial charge in [-0.3, -0.25) is 14.4 Å².